The second-order valence-corrected chi connectivity index (χ2v) is 3.71. The van der Waals surface area contributed by atoms with Crippen LogP contribution in [0, 0.1) is 0 Å². The van der Waals surface area contributed by atoms with Crippen LogP contribution in [0.1, 0.15) is 17.4 Å². The van der Waals surface area contributed by atoms with Crippen LogP contribution in [0.15, 0.2) is 0 Å². The smallest absolute Gasteiger partial charge is 0.271 e. The molecule has 70 valence electrons. The van der Waals surface area contributed by atoms with Crippen molar-refractivity contribution in [2.45, 2.75) is 12.1 Å². The standard InChI is InChI=1S/C8H4N2O4/c9-8-2-3(13-8)1-4-6(11-4)5(2)12-7(1)14-10-8/h7,10H,9H2. The molecule has 6 aliphatic heterocycles. The minimum atomic E-state index is -1.06. The summed E-state index contributed by atoms with van der Waals surface area (Å²) in [5.41, 5.74) is 10.1. The van der Waals surface area contributed by atoms with E-state index in [0.717, 1.165) is 28.4 Å². The van der Waals surface area contributed by atoms with Gasteiger partial charge in [0.1, 0.15) is 11.1 Å². The maximum absolute atomic E-state index is 5.88. The van der Waals surface area contributed by atoms with Crippen molar-refractivity contribution in [2.24, 2.45) is 5.73 Å². The topological polar surface area (TPSA) is 78.3 Å². The number of fused-ring (bicyclic) bond motifs is 1. The van der Waals surface area contributed by atoms with E-state index < -0.39 is 12.1 Å². The molecule has 7 rings (SSSR count). The third kappa shape index (κ3) is 0.387. The van der Waals surface area contributed by atoms with E-state index in [1.165, 1.54) is 0 Å². The second kappa shape index (κ2) is 1.36. The highest BCUT2D eigenvalue weighted by Crippen LogP contribution is 2.71. The highest BCUT2D eigenvalue weighted by atomic mass is 16.8. The maximum Gasteiger partial charge on any atom is 0.271 e. The second-order valence-electron chi connectivity index (χ2n) is 3.71. The average Bonchev–Trinajstić information content (AvgIpc) is 2.90. The zero-order valence-electron chi connectivity index (χ0n) is 6.79. The van der Waals surface area contributed by atoms with Crippen LogP contribution < -0.4 is 25.4 Å². The van der Waals surface area contributed by atoms with E-state index in [0.29, 0.717) is 5.75 Å². The third-order valence-electron chi connectivity index (χ3n) is 2.93. The molecule has 3 N–H and O–H groups in total. The lowest BCUT2D eigenvalue weighted by molar-refractivity contribution is -0.181. The largest absolute Gasteiger partial charge is 0.454 e. The van der Waals surface area contributed by atoms with Crippen molar-refractivity contribution in [3.05, 3.63) is 11.1 Å². The summed E-state index contributed by atoms with van der Waals surface area (Å²) in [4.78, 5) is 5.25. The van der Waals surface area contributed by atoms with Crippen LogP contribution in [0.5, 0.6) is 23.0 Å². The Morgan fingerprint density at radius 3 is 3.07 bits per heavy atom. The summed E-state index contributed by atoms with van der Waals surface area (Å²) in [6, 6.07) is 0. The first kappa shape index (κ1) is 6.07. The predicted molar refractivity (Wildman–Crippen MR) is 40.6 cm³/mol. The minimum Gasteiger partial charge on any atom is -0.454 e. The molecule has 0 aliphatic carbocycles. The average molecular weight is 192 g/mol. The first-order valence-corrected chi connectivity index (χ1v) is 4.27. The normalized spacial score (nSPS) is 36.2. The van der Waals surface area contributed by atoms with Gasteiger partial charge in [-0.1, -0.05) is 0 Å². The molecule has 6 nitrogen and oxygen atoms in total. The van der Waals surface area contributed by atoms with Crippen LogP contribution in [0.4, 0.5) is 0 Å². The van der Waals surface area contributed by atoms with Crippen molar-refractivity contribution in [2.75, 3.05) is 0 Å². The molecular formula is C8H4N2O4. The summed E-state index contributed by atoms with van der Waals surface area (Å²) in [5.74, 6) is 1.95. The van der Waals surface area contributed by atoms with Crippen LogP contribution >= 0.6 is 0 Å². The van der Waals surface area contributed by atoms with Gasteiger partial charge in [-0.15, -0.1) is 5.48 Å². The molecule has 0 amide bonds. The van der Waals surface area contributed by atoms with E-state index in [4.69, 9.17) is 24.8 Å². The fourth-order valence-electron chi connectivity index (χ4n) is 2.26. The number of rotatable bonds is 0. The molecule has 0 spiro atoms. The van der Waals surface area contributed by atoms with Crippen LogP contribution in [0.2, 0.25) is 0 Å². The molecule has 2 atom stereocenters. The molecule has 0 radical (unpaired) electrons. The van der Waals surface area contributed by atoms with E-state index in [-0.39, 0.29) is 0 Å². The first-order valence-electron chi connectivity index (χ1n) is 4.27. The summed E-state index contributed by atoms with van der Waals surface area (Å²) >= 11 is 0. The predicted octanol–water partition coefficient (Wildman–Crippen LogP) is 0.179. The number of nitrogens with one attached hydrogen (secondary N) is 1. The summed E-state index contributed by atoms with van der Waals surface area (Å²) < 4.78 is 16.2. The van der Waals surface area contributed by atoms with Gasteiger partial charge in [0.05, 0.1) is 0 Å². The zero-order chi connectivity index (χ0) is 9.08. The molecular weight excluding hydrogens is 188 g/mol. The Morgan fingerprint density at radius 1 is 1.21 bits per heavy atom. The monoisotopic (exact) mass is 192 g/mol. The van der Waals surface area contributed by atoms with Crippen molar-refractivity contribution >= 4 is 0 Å². The number of ether oxygens (including phenoxy) is 3. The quantitative estimate of drug-likeness (QED) is 0.579. The molecule has 1 aromatic rings. The highest BCUT2D eigenvalue weighted by Gasteiger charge is 2.61. The van der Waals surface area contributed by atoms with Gasteiger partial charge in [-0.3, -0.25) is 5.73 Å². The Morgan fingerprint density at radius 2 is 2.14 bits per heavy atom. The van der Waals surface area contributed by atoms with Gasteiger partial charge < -0.3 is 14.2 Å². The van der Waals surface area contributed by atoms with Gasteiger partial charge >= 0.3 is 0 Å². The Hall–Kier alpha value is -1.50. The van der Waals surface area contributed by atoms with E-state index in [2.05, 4.69) is 5.48 Å². The van der Waals surface area contributed by atoms with Gasteiger partial charge in [0.15, 0.2) is 17.2 Å². The SMILES string of the molecule is NC12NOC3Oc4c5c(c3c(c41)O2)O5. The van der Waals surface area contributed by atoms with Crippen molar-refractivity contribution in [1.82, 2.24) is 5.48 Å². The lowest BCUT2D eigenvalue weighted by Gasteiger charge is -2.38. The Kier molecular flexibility index (Phi) is 0.591. The van der Waals surface area contributed by atoms with E-state index in [9.17, 15) is 0 Å². The van der Waals surface area contributed by atoms with Gasteiger partial charge in [0.2, 0.25) is 5.75 Å². The molecule has 0 aromatic heterocycles. The molecule has 2 unspecified atom stereocenters. The number of benzene rings is 1. The van der Waals surface area contributed by atoms with Crippen molar-refractivity contribution < 1.29 is 19.0 Å². The van der Waals surface area contributed by atoms with Gasteiger partial charge in [0.25, 0.3) is 12.1 Å². The molecule has 0 saturated carbocycles. The number of hydrogen-bond acceptors (Lipinski definition) is 6. The van der Waals surface area contributed by atoms with Crippen LogP contribution in [-0.2, 0) is 10.7 Å². The van der Waals surface area contributed by atoms with E-state index in [1.54, 1.807) is 0 Å². The van der Waals surface area contributed by atoms with Gasteiger partial charge in [-0.2, -0.15) is 0 Å². The van der Waals surface area contributed by atoms with E-state index >= 15 is 0 Å². The highest BCUT2D eigenvalue weighted by molar-refractivity contribution is 5.80. The molecule has 1 aromatic carbocycles. The lowest BCUT2D eigenvalue weighted by atomic mass is 9.96. The molecule has 0 saturated heterocycles. The van der Waals surface area contributed by atoms with Crippen molar-refractivity contribution in [3.8, 4) is 23.0 Å². The van der Waals surface area contributed by atoms with Crippen molar-refractivity contribution in [1.29, 1.82) is 0 Å². The van der Waals surface area contributed by atoms with Crippen molar-refractivity contribution in [3.63, 3.8) is 0 Å². The van der Waals surface area contributed by atoms with Crippen LogP contribution in [-0.4, -0.2) is 0 Å². The fraction of sp³-hybridized carbons (Fsp3) is 0.250. The number of hydrogen-bond donors (Lipinski definition) is 2. The maximum atomic E-state index is 5.88. The molecule has 0 fully saturated rings. The third-order valence-corrected chi connectivity index (χ3v) is 2.93. The lowest BCUT2D eigenvalue weighted by Crippen LogP contribution is -2.58. The summed E-state index contributed by atoms with van der Waals surface area (Å²) in [5, 5.41) is 0. The Labute approximate surface area is 77.4 Å². The number of hydroxylamine groups is 1. The summed E-state index contributed by atoms with van der Waals surface area (Å²) in [6.45, 7) is 0. The minimum absolute atomic E-state index is 0.488. The van der Waals surface area contributed by atoms with E-state index in [1.807, 2.05) is 0 Å². The molecule has 6 aliphatic rings. The van der Waals surface area contributed by atoms with Gasteiger partial charge in [-0.05, 0) is 0 Å². The molecule has 6 heterocycles. The molecule has 6 bridgehead atoms. The number of nitrogens with two attached hydrogens (primary N) is 1. The first-order chi connectivity index (χ1) is 6.78. The van der Waals surface area contributed by atoms with Gasteiger partial charge in [0, 0.05) is 0 Å². The summed E-state index contributed by atoms with van der Waals surface area (Å²) in [7, 11) is 0. The summed E-state index contributed by atoms with van der Waals surface area (Å²) in [6.07, 6.45) is -0.488. The molecule has 6 heteroatoms. The fourth-order valence-corrected chi connectivity index (χ4v) is 2.26. The van der Waals surface area contributed by atoms with Gasteiger partial charge in [-0.25, -0.2) is 4.84 Å². The zero-order valence-corrected chi connectivity index (χ0v) is 6.79. The Balaban J connectivity index is 2.03. The Bertz CT molecular complexity index is 529. The van der Waals surface area contributed by atoms with Crippen LogP contribution in [0.25, 0.3) is 0 Å². The van der Waals surface area contributed by atoms with Crippen LogP contribution in [0.3, 0.4) is 0 Å². The molecule has 14 heavy (non-hydrogen) atoms.